The van der Waals surface area contributed by atoms with Gasteiger partial charge in [0.15, 0.2) is 0 Å². The molecular weight excluding hydrogens is 274 g/mol. The number of nitro groups is 1. The maximum absolute atomic E-state index is 11.1. The van der Waals surface area contributed by atoms with Gasteiger partial charge in [-0.2, -0.15) is 4.98 Å². The second-order valence-corrected chi connectivity index (χ2v) is 4.24. The van der Waals surface area contributed by atoms with E-state index in [1.165, 1.54) is 0 Å². The molecule has 4 N–H and O–H groups in total. The molecule has 21 heavy (non-hydrogen) atoms. The van der Waals surface area contributed by atoms with Gasteiger partial charge in [-0.25, -0.2) is 4.98 Å². The zero-order valence-corrected chi connectivity index (χ0v) is 11.4. The Morgan fingerprint density at radius 3 is 2.67 bits per heavy atom. The molecular formula is C13H15N5O3. The Labute approximate surface area is 120 Å². The van der Waals surface area contributed by atoms with Gasteiger partial charge in [0.05, 0.1) is 11.5 Å². The van der Waals surface area contributed by atoms with Gasteiger partial charge in [0.1, 0.15) is 11.4 Å². The molecule has 0 radical (unpaired) electrons. The van der Waals surface area contributed by atoms with Crippen LogP contribution in [-0.4, -0.2) is 21.5 Å². The lowest BCUT2D eigenvalue weighted by Crippen LogP contribution is -2.09. The lowest BCUT2D eigenvalue weighted by Gasteiger charge is -2.10. The maximum Gasteiger partial charge on any atom is 0.332 e. The number of hydrogen-bond donors (Lipinski definition) is 2. The summed E-state index contributed by atoms with van der Waals surface area (Å²) >= 11 is 0. The maximum atomic E-state index is 11.1. The van der Waals surface area contributed by atoms with Crippen molar-refractivity contribution in [3.63, 3.8) is 0 Å². The molecule has 1 aromatic carbocycles. The Morgan fingerprint density at radius 1 is 1.29 bits per heavy atom. The largest absolute Gasteiger partial charge is 0.494 e. The van der Waals surface area contributed by atoms with Crippen LogP contribution in [0.5, 0.6) is 5.75 Å². The molecule has 2 rings (SSSR count). The van der Waals surface area contributed by atoms with Crippen LogP contribution >= 0.6 is 0 Å². The van der Waals surface area contributed by atoms with Gasteiger partial charge in [-0.3, -0.25) is 10.1 Å². The Kier molecular flexibility index (Phi) is 4.17. The van der Waals surface area contributed by atoms with Crippen molar-refractivity contribution in [1.82, 2.24) is 9.97 Å². The molecule has 0 saturated heterocycles. The van der Waals surface area contributed by atoms with Gasteiger partial charge < -0.3 is 16.2 Å². The Hall–Kier alpha value is -2.90. The van der Waals surface area contributed by atoms with Gasteiger partial charge in [-0.15, -0.1) is 0 Å². The third-order valence-corrected chi connectivity index (χ3v) is 2.81. The van der Waals surface area contributed by atoms with Gasteiger partial charge in [-0.05, 0) is 13.0 Å². The topological polar surface area (TPSA) is 130 Å². The smallest absolute Gasteiger partial charge is 0.332 e. The normalized spacial score (nSPS) is 10.3. The van der Waals surface area contributed by atoms with Gasteiger partial charge in [0.2, 0.25) is 11.8 Å². The van der Waals surface area contributed by atoms with E-state index in [2.05, 4.69) is 9.97 Å². The summed E-state index contributed by atoms with van der Waals surface area (Å²) in [6, 6.07) is 7.24. The summed E-state index contributed by atoms with van der Waals surface area (Å²) < 4.78 is 5.49. The highest BCUT2D eigenvalue weighted by molar-refractivity contribution is 5.58. The monoisotopic (exact) mass is 289 g/mol. The fourth-order valence-electron chi connectivity index (χ4n) is 1.99. The van der Waals surface area contributed by atoms with Crippen LogP contribution < -0.4 is 16.2 Å². The molecule has 0 aliphatic heterocycles. The third kappa shape index (κ3) is 3.16. The van der Waals surface area contributed by atoms with Crippen LogP contribution in [0.2, 0.25) is 0 Å². The number of rotatable bonds is 5. The number of hydrogen-bond acceptors (Lipinski definition) is 7. The molecule has 0 aliphatic carbocycles. The molecule has 0 atom stereocenters. The lowest BCUT2D eigenvalue weighted by atomic mass is 10.1. The summed E-state index contributed by atoms with van der Waals surface area (Å²) in [6.45, 7) is 2.35. The summed E-state index contributed by atoms with van der Waals surface area (Å²) in [6.07, 6.45) is 0.184. The highest BCUT2D eigenvalue weighted by atomic mass is 16.6. The number of nitrogens with zero attached hydrogens (tertiary/aromatic N) is 3. The van der Waals surface area contributed by atoms with Gasteiger partial charge in [0.25, 0.3) is 0 Å². The third-order valence-electron chi connectivity index (χ3n) is 2.81. The first-order chi connectivity index (χ1) is 10.0. The van der Waals surface area contributed by atoms with Crippen molar-refractivity contribution in [1.29, 1.82) is 0 Å². The Balaban J connectivity index is 2.47. The van der Waals surface area contributed by atoms with Gasteiger partial charge >= 0.3 is 5.69 Å². The molecule has 1 heterocycles. The van der Waals surface area contributed by atoms with Crippen molar-refractivity contribution in [3.05, 3.63) is 45.6 Å². The first-order valence-corrected chi connectivity index (χ1v) is 6.29. The quantitative estimate of drug-likeness (QED) is 0.630. The number of aromatic nitrogens is 2. The SMILES string of the molecule is CCOc1ccccc1Cc1nc(N)nc(N)c1[N+](=O)[O-]. The summed E-state index contributed by atoms with van der Waals surface area (Å²) in [4.78, 5) is 18.1. The number of nitrogens with two attached hydrogens (primary N) is 2. The highest BCUT2D eigenvalue weighted by Gasteiger charge is 2.23. The van der Waals surface area contributed by atoms with Crippen molar-refractivity contribution in [3.8, 4) is 5.75 Å². The Bertz CT molecular complexity index is 675. The average Bonchev–Trinajstić information content (AvgIpc) is 2.40. The number of para-hydroxylation sites is 1. The molecule has 1 aromatic heterocycles. The predicted molar refractivity (Wildman–Crippen MR) is 77.9 cm³/mol. The van der Waals surface area contributed by atoms with Crippen LogP contribution in [0.1, 0.15) is 18.2 Å². The minimum atomic E-state index is -0.604. The molecule has 0 unspecified atom stereocenters. The van der Waals surface area contributed by atoms with E-state index in [4.69, 9.17) is 16.2 Å². The molecule has 0 aliphatic rings. The van der Waals surface area contributed by atoms with Crippen molar-refractivity contribution < 1.29 is 9.66 Å². The van der Waals surface area contributed by atoms with E-state index >= 15 is 0 Å². The van der Waals surface area contributed by atoms with E-state index in [0.717, 1.165) is 5.56 Å². The van der Waals surface area contributed by atoms with Crippen LogP contribution in [0.4, 0.5) is 17.5 Å². The first kappa shape index (κ1) is 14.5. The van der Waals surface area contributed by atoms with E-state index in [1.807, 2.05) is 25.1 Å². The summed E-state index contributed by atoms with van der Waals surface area (Å²) in [7, 11) is 0. The molecule has 8 nitrogen and oxygen atoms in total. The number of nitrogen functional groups attached to an aromatic ring is 2. The molecule has 2 aromatic rings. The molecule has 8 heteroatoms. The number of ether oxygens (including phenoxy) is 1. The van der Waals surface area contributed by atoms with Crippen LogP contribution in [0.15, 0.2) is 24.3 Å². The highest BCUT2D eigenvalue weighted by Crippen LogP contribution is 2.28. The molecule has 0 spiro atoms. The van der Waals surface area contributed by atoms with E-state index < -0.39 is 4.92 Å². The molecule has 0 amide bonds. The number of benzene rings is 1. The fraction of sp³-hybridized carbons (Fsp3) is 0.231. The van der Waals surface area contributed by atoms with Crippen molar-refractivity contribution in [2.75, 3.05) is 18.1 Å². The van der Waals surface area contributed by atoms with Crippen LogP contribution in [0.25, 0.3) is 0 Å². The first-order valence-electron chi connectivity index (χ1n) is 6.29. The number of anilines is 2. The van der Waals surface area contributed by atoms with Crippen LogP contribution in [0, 0.1) is 10.1 Å². The van der Waals surface area contributed by atoms with Crippen molar-refractivity contribution in [2.45, 2.75) is 13.3 Å². The van der Waals surface area contributed by atoms with E-state index in [9.17, 15) is 10.1 Å². The predicted octanol–water partition coefficient (Wildman–Crippen LogP) is 1.54. The molecule has 0 fully saturated rings. The zero-order valence-electron chi connectivity index (χ0n) is 11.4. The second kappa shape index (κ2) is 6.04. The van der Waals surface area contributed by atoms with E-state index in [0.29, 0.717) is 12.4 Å². The van der Waals surface area contributed by atoms with E-state index in [1.54, 1.807) is 6.07 Å². The molecule has 110 valence electrons. The van der Waals surface area contributed by atoms with Crippen LogP contribution in [0.3, 0.4) is 0 Å². The second-order valence-electron chi connectivity index (χ2n) is 4.24. The summed E-state index contributed by atoms with van der Waals surface area (Å²) in [5.41, 5.74) is 11.7. The van der Waals surface area contributed by atoms with Crippen LogP contribution in [-0.2, 0) is 6.42 Å². The average molecular weight is 289 g/mol. The summed E-state index contributed by atoms with van der Waals surface area (Å²) in [5.74, 6) is 0.309. The Morgan fingerprint density at radius 2 is 2.00 bits per heavy atom. The molecule has 0 bridgehead atoms. The molecule has 0 saturated carbocycles. The standard InChI is InChI=1S/C13H15N5O3/c1-2-21-10-6-4-3-5-8(10)7-9-11(18(19)20)12(14)17-13(15)16-9/h3-6H,2,7H2,1H3,(H4,14,15,16,17). The minimum absolute atomic E-state index is 0.0954. The minimum Gasteiger partial charge on any atom is -0.494 e. The fourth-order valence-corrected chi connectivity index (χ4v) is 1.99. The van der Waals surface area contributed by atoms with Gasteiger partial charge in [-0.1, -0.05) is 18.2 Å². The van der Waals surface area contributed by atoms with E-state index in [-0.39, 0.29) is 29.6 Å². The zero-order chi connectivity index (χ0) is 15.4. The summed E-state index contributed by atoms with van der Waals surface area (Å²) in [5, 5.41) is 11.1. The lowest BCUT2D eigenvalue weighted by molar-refractivity contribution is -0.385. The van der Waals surface area contributed by atoms with Crippen molar-refractivity contribution >= 4 is 17.5 Å². The van der Waals surface area contributed by atoms with Crippen molar-refractivity contribution in [2.24, 2.45) is 0 Å². The van der Waals surface area contributed by atoms with Gasteiger partial charge in [0, 0.05) is 12.0 Å².